The van der Waals surface area contributed by atoms with Gasteiger partial charge in [-0.15, -0.1) is 0 Å². The second-order valence-electron chi connectivity index (χ2n) is 6.83. The van der Waals surface area contributed by atoms with Gasteiger partial charge in [0.25, 0.3) is 10.2 Å². The van der Waals surface area contributed by atoms with E-state index in [0.29, 0.717) is 12.2 Å². The fourth-order valence-corrected chi connectivity index (χ4v) is 5.05. The molecule has 24 heavy (non-hydrogen) atoms. The lowest BCUT2D eigenvalue weighted by Gasteiger charge is -2.44. The third-order valence-corrected chi connectivity index (χ3v) is 6.78. The minimum absolute atomic E-state index is 0.112. The number of hydrogen-bond acceptors (Lipinski definition) is 4. The first-order valence-electron chi connectivity index (χ1n) is 8.42. The smallest absolute Gasteiger partial charge is 0.280 e. The average Bonchev–Trinajstić information content (AvgIpc) is 3.03. The number of hydrogen-bond donors (Lipinski definition) is 1. The standard InChI is InChI=1S/C16H25N3O4S/c1-11-6-4-7-12(2)19(11)16(20)14-10-13(15-8-5-9-23-15)17-24(21,22)18(14)3/h5,8-9,11-14,17H,4,6-7,10H2,1-3H3/t11?,12?,13-,14+/m0/s1. The van der Waals surface area contributed by atoms with Crippen LogP contribution in [0.15, 0.2) is 22.8 Å². The first-order valence-corrected chi connectivity index (χ1v) is 9.86. The van der Waals surface area contributed by atoms with Crippen molar-refractivity contribution >= 4 is 16.1 Å². The van der Waals surface area contributed by atoms with E-state index >= 15 is 0 Å². The van der Waals surface area contributed by atoms with Crippen molar-refractivity contribution in [3.63, 3.8) is 0 Å². The second-order valence-corrected chi connectivity index (χ2v) is 8.59. The van der Waals surface area contributed by atoms with Crippen LogP contribution >= 0.6 is 0 Å². The van der Waals surface area contributed by atoms with Gasteiger partial charge >= 0.3 is 0 Å². The predicted molar refractivity (Wildman–Crippen MR) is 89.3 cm³/mol. The van der Waals surface area contributed by atoms with Crippen LogP contribution < -0.4 is 4.72 Å². The van der Waals surface area contributed by atoms with Gasteiger partial charge in [0.05, 0.1) is 12.3 Å². The maximum Gasteiger partial charge on any atom is 0.280 e. The van der Waals surface area contributed by atoms with Gasteiger partial charge in [0.2, 0.25) is 5.91 Å². The number of likely N-dealkylation sites (tertiary alicyclic amines) is 1. The van der Waals surface area contributed by atoms with E-state index < -0.39 is 22.3 Å². The molecule has 3 heterocycles. The first kappa shape index (κ1) is 17.4. The molecule has 0 aliphatic carbocycles. The number of carbonyl (C=O) groups excluding carboxylic acids is 1. The molecule has 0 radical (unpaired) electrons. The summed E-state index contributed by atoms with van der Waals surface area (Å²) in [7, 11) is -2.27. The van der Waals surface area contributed by atoms with Crippen LogP contribution in [0.3, 0.4) is 0 Å². The van der Waals surface area contributed by atoms with E-state index in [-0.39, 0.29) is 18.0 Å². The molecule has 0 bridgehead atoms. The van der Waals surface area contributed by atoms with Crippen LogP contribution in [0.2, 0.25) is 0 Å². The van der Waals surface area contributed by atoms with Crippen LogP contribution in [0.25, 0.3) is 0 Å². The van der Waals surface area contributed by atoms with E-state index in [1.807, 2.05) is 18.7 Å². The van der Waals surface area contributed by atoms with Crippen LogP contribution in [0.1, 0.15) is 51.3 Å². The summed E-state index contributed by atoms with van der Waals surface area (Å²) in [6.07, 6.45) is 4.88. The monoisotopic (exact) mass is 355 g/mol. The van der Waals surface area contributed by atoms with Crippen LogP contribution in [0.4, 0.5) is 0 Å². The summed E-state index contributed by atoms with van der Waals surface area (Å²) in [6, 6.07) is 2.48. The molecular weight excluding hydrogens is 330 g/mol. The number of nitrogens with zero attached hydrogens (tertiary/aromatic N) is 2. The van der Waals surface area contributed by atoms with Crippen molar-refractivity contribution in [2.75, 3.05) is 7.05 Å². The van der Waals surface area contributed by atoms with Gasteiger partial charge in [-0.3, -0.25) is 4.79 Å². The van der Waals surface area contributed by atoms with E-state index in [1.165, 1.54) is 13.3 Å². The van der Waals surface area contributed by atoms with Crippen molar-refractivity contribution in [3.05, 3.63) is 24.2 Å². The molecule has 2 aliphatic heterocycles. The van der Waals surface area contributed by atoms with Gasteiger partial charge in [-0.1, -0.05) is 0 Å². The topological polar surface area (TPSA) is 82.9 Å². The first-order chi connectivity index (χ1) is 11.3. The Bertz CT molecular complexity index is 678. The molecule has 1 N–H and O–H groups in total. The number of nitrogens with one attached hydrogen (secondary N) is 1. The van der Waals surface area contributed by atoms with Gasteiger partial charge in [-0.2, -0.15) is 17.4 Å². The van der Waals surface area contributed by atoms with Crippen molar-refractivity contribution in [1.82, 2.24) is 13.9 Å². The third kappa shape index (κ3) is 3.10. The molecule has 7 nitrogen and oxygen atoms in total. The lowest BCUT2D eigenvalue weighted by molar-refractivity contribution is -0.142. The molecule has 0 aromatic carbocycles. The van der Waals surface area contributed by atoms with Crippen LogP contribution in [-0.2, 0) is 15.0 Å². The Hall–Kier alpha value is -1.38. The van der Waals surface area contributed by atoms with Crippen molar-refractivity contribution in [2.45, 2.75) is 63.7 Å². The Morgan fingerprint density at radius 2 is 1.96 bits per heavy atom. The van der Waals surface area contributed by atoms with Crippen molar-refractivity contribution in [2.24, 2.45) is 0 Å². The molecule has 1 aromatic heterocycles. The van der Waals surface area contributed by atoms with Gasteiger partial charge in [0.15, 0.2) is 0 Å². The highest BCUT2D eigenvalue weighted by Gasteiger charge is 2.44. The van der Waals surface area contributed by atoms with Crippen LogP contribution in [0, 0.1) is 0 Å². The van der Waals surface area contributed by atoms with Gasteiger partial charge < -0.3 is 9.32 Å². The Labute approximate surface area is 143 Å². The predicted octanol–water partition coefficient (Wildman–Crippen LogP) is 1.65. The summed E-state index contributed by atoms with van der Waals surface area (Å²) in [5.74, 6) is 0.419. The average molecular weight is 355 g/mol. The molecule has 3 rings (SSSR count). The Morgan fingerprint density at radius 1 is 1.29 bits per heavy atom. The molecule has 2 aliphatic rings. The van der Waals surface area contributed by atoms with Crippen LogP contribution in [0.5, 0.6) is 0 Å². The SMILES string of the molecule is CC1CCCC(C)N1C(=O)[C@H]1C[C@@H](c2ccco2)NS(=O)(=O)N1C. The van der Waals surface area contributed by atoms with Crippen LogP contribution in [-0.4, -0.2) is 48.7 Å². The zero-order valence-electron chi connectivity index (χ0n) is 14.3. The summed E-state index contributed by atoms with van der Waals surface area (Å²) in [6.45, 7) is 4.07. The lowest BCUT2D eigenvalue weighted by atomic mass is 9.95. The Morgan fingerprint density at radius 3 is 2.54 bits per heavy atom. The summed E-state index contributed by atoms with van der Waals surface area (Å²) in [4.78, 5) is 15.0. The van der Waals surface area contributed by atoms with E-state index in [1.54, 1.807) is 12.1 Å². The summed E-state index contributed by atoms with van der Waals surface area (Å²) in [5.41, 5.74) is 0. The molecule has 0 saturated carbocycles. The number of furan rings is 1. The molecule has 1 amide bonds. The fourth-order valence-electron chi connectivity index (χ4n) is 3.80. The maximum absolute atomic E-state index is 13.1. The van der Waals surface area contributed by atoms with E-state index in [0.717, 1.165) is 23.6 Å². The summed E-state index contributed by atoms with van der Waals surface area (Å²) < 4.78 is 34.0. The highest BCUT2D eigenvalue weighted by atomic mass is 32.2. The van der Waals surface area contributed by atoms with Crippen molar-refractivity contribution in [1.29, 1.82) is 0 Å². The number of amides is 1. The zero-order valence-corrected chi connectivity index (χ0v) is 15.1. The quantitative estimate of drug-likeness (QED) is 0.874. The van der Waals surface area contributed by atoms with Gasteiger partial charge in [0.1, 0.15) is 11.8 Å². The molecule has 0 spiro atoms. The molecule has 1 aromatic rings. The minimum atomic E-state index is -3.73. The van der Waals surface area contributed by atoms with Crippen molar-refractivity contribution < 1.29 is 17.6 Å². The van der Waals surface area contributed by atoms with E-state index in [2.05, 4.69) is 4.72 Å². The van der Waals surface area contributed by atoms with E-state index in [4.69, 9.17) is 4.42 Å². The van der Waals surface area contributed by atoms with Crippen molar-refractivity contribution in [3.8, 4) is 0 Å². The summed E-state index contributed by atoms with van der Waals surface area (Å²) in [5, 5.41) is 0. The summed E-state index contributed by atoms with van der Waals surface area (Å²) >= 11 is 0. The highest BCUT2D eigenvalue weighted by molar-refractivity contribution is 7.87. The third-order valence-electron chi connectivity index (χ3n) is 5.19. The highest BCUT2D eigenvalue weighted by Crippen LogP contribution is 2.31. The number of carbonyl (C=O) groups is 1. The molecule has 134 valence electrons. The number of piperidine rings is 1. The zero-order chi connectivity index (χ0) is 17.5. The number of likely N-dealkylation sites (N-methyl/N-ethyl adjacent to an activating group) is 1. The van der Waals surface area contributed by atoms with Gasteiger partial charge in [-0.25, -0.2) is 0 Å². The van der Waals surface area contributed by atoms with Gasteiger partial charge in [-0.05, 0) is 51.7 Å². The Kier molecular flexibility index (Phi) is 4.72. The molecule has 2 saturated heterocycles. The molecule has 2 unspecified atom stereocenters. The fraction of sp³-hybridized carbons (Fsp3) is 0.688. The maximum atomic E-state index is 13.1. The van der Waals surface area contributed by atoms with E-state index in [9.17, 15) is 13.2 Å². The minimum Gasteiger partial charge on any atom is -0.468 e. The lowest BCUT2D eigenvalue weighted by Crippen LogP contribution is -2.60. The number of rotatable bonds is 2. The molecular formula is C16H25N3O4S. The Balaban J connectivity index is 1.88. The second kappa shape index (κ2) is 6.50. The normalized spacial score (nSPS) is 34.2. The molecule has 2 fully saturated rings. The van der Waals surface area contributed by atoms with Gasteiger partial charge in [0, 0.05) is 19.1 Å². The molecule has 8 heteroatoms. The largest absolute Gasteiger partial charge is 0.468 e. The molecule has 4 atom stereocenters.